The van der Waals surface area contributed by atoms with Gasteiger partial charge in [0.25, 0.3) is 0 Å². The van der Waals surface area contributed by atoms with E-state index in [2.05, 4.69) is 4.90 Å². The molecule has 0 atom stereocenters. The van der Waals surface area contributed by atoms with Crippen molar-refractivity contribution in [3.8, 4) is 0 Å². The maximum Gasteiger partial charge on any atom is 0.214 e. The summed E-state index contributed by atoms with van der Waals surface area (Å²) in [6.07, 6.45) is 8.38. The molecule has 2 aliphatic carbocycles. The van der Waals surface area contributed by atoms with E-state index >= 15 is 0 Å². The van der Waals surface area contributed by atoms with Crippen LogP contribution in [0.2, 0.25) is 0 Å². The first-order chi connectivity index (χ1) is 10.1. The molecule has 5 nitrogen and oxygen atoms in total. The molecule has 21 heavy (non-hydrogen) atoms. The summed E-state index contributed by atoms with van der Waals surface area (Å²) in [6, 6.07) is 0. The summed E-state index contributed by atoms with van der Waals surface area (Å²) in [5, 5.41) is 0. The molecule has 3 aliphatic rings. The Morgan fingerprint density at radius 2 is 1.62 bits per heavy atom. The van der Waals surface area contributed by atoms with Gasteiger partial charge in [0.2, 0.25) is 10.0 Å². The van der Waals surface area contributed by atoms with Gasteiger partial charge in [0.15, 0.2) is 0 Å². The van der Waals surface area contributed by atoms with Gasteiger partial charge in [-0.05, 0) is 31.6 Å². The number of nitrogens with zero attached hydrogens (tertiary/aromatic N) is 2. The van der Waals surface area contributed by atoms with Gasteiger partial charge in [0.05, 0.1) is 5.75 Å². The smallest absolute Gasteiger partial charge is 0.214 e. The lowest BCUT2D eigenvalue weighted by Gasteiger charge is -2.49. The third kappa shape index (κ3) is 3.44. The molecule has 0 bridgehead atoms. The number of nitrogens with two attached hydrogens (primary N) is 1. The summed E-state index contributed by atoms with van der Waals surface area (Å²) in [5.41, 5.74) is 6.23. The Morgan fingerprint density at radius 1 is 1.00 bits per heavy atom. The van der Waals surface area contributed by atoms with Crippen molar-refractivity contribution in [2.75, 3.05) is 38.5 Å². The predicted octanol–water partition coefficient (Wildman–Crippen LogP) is 1.01. The van der Waals surface area contributed by atoms with E-state index in [-0.39, 0.29) is 5.54 Å². The molecule has 2 saturated carbocycles. The minimum absolute atomic E-state index is 0.143. The van der Waals surface area contributed by atoms with Crippen molar-refractivity contribution < 1.29 is 8.42 Å². The highest BCUT2D eigenvalue weighted by molar-refractivity contribution is 7.89. The summed E-state index contributed by atoms with van der Waals surface area (Å²) in [5.74, 6) is 0.802. The van der Waals surface area contributed by atoms with E-state index in [9.17, 15) is 8.42 Å². The molecule has 1 aliphatic heterocycles. The number of sulfonamides is 1. The summed E-state index contributed by atoms with van der Waals surface area (Å²) in [4.78, 5) is 2.48. The minimum atomic E-state index is -3.03. The van der Waals surface area contributed by atoms with Crippen LogP contribution in [0.5, 0.6) is 0 Å². The summed E-state index contributed by atoms with van der Waals surface area (Å²) in [6.45, 7) is 3.71. The van der Waals surface area contributed by atoms with Crippen molar-refractivity contribution in [2.24, 2.45) is 11.7 Å². The van der Waals surface area contributed by atoms with Gasteiger partial charge < -0.3 is 5.73 Å². The highest BCUT2D eigenvalue weighted by Gasteiger charge is 2.40. The largest absolute Gasteiger partial charge is 0.329 e. The fourth-order valence-corrected chi connectivity index (χ4v) is 5.85. The molecule has 0 spiro atoms. The highest BCUT2D eigenvalue weighted by atomic mass is 32.2. The van der Waals surface area contributed by atoms with Crippen LogP contribution in [0.1, 0.15) is 44.9 Å². The summed E-state index contributed by atoms with van der Waals surface area (Å²) >= 11 is 0. The molecule has 0 radical (unpaired) electrons. The number of hydrogen-bond acceptors (Lipinski definition) is 4. The van der Waals surface area contributed by atoms with E-state index in [1.165, 1.54) is 32.1 Å². The van der Waals surface area contributed by atoms with Gasteiger partial charge in [-0.3, -0.25) is 4.90 Å². The summed E-state index contributed by atoms with van der Waals surface area (Å²) < 4.78 is 26.4. The number of hydrogen-bond donors (Lipinski definition) is 1. The lowest BCUT2D eigenvalue weighted by Crippen LogP contribution is -2.61. The Morgan fingerprint density at radius 3 is 2.14 bits per heavy atom. The van der Waals surface area contributed by atoms with E-state index in [0.29, 0.717) is 31.3 Å². The molecule has 2 N–H and O–H groups in total. The molecule has 3 rings (SSSR count). The van der Waals surface area contributed by atoms with Gasteiger partial charge in [-0.15, -0.1) is 0 Å². The highest BCUT2D eigenvalue weighted by Crippen LogP contribution is 2.35. The molecule has 3 fully saturated rings. The topological polar surface area (TPSA) is 66.6 Å². The molecule has 1 heterocycles. The molecule has 0 unspecified atom stereocenters. The molecular weight excluding hydrogens is 286 g/mol. The van der Waals surface area contributed by atoms with Crippen LogP contribution in [0.15, 0.2) is 0 Å². The van der Waals surface area contributed by atoms with Gasteiger partial charge in [-0.2, -0.15) is 4.31 Å². The molecule has 6 heteroatoms. The van der Waals surface area contributed by atoms with Crippen LogP contribution in [0.3, 0.4) is 0 Å². The lowest BCUT2D eigenvalue weighted by atomic mass is 9.80. The van der Waals surface area contributed by atoms with Crippen LogP contribution in [0.25, 0.3) is 0 Å². The number of piperazine rings is 1. The Balaban J connectivity index is 1.59. The first-order valence-electron chi connectivity index (χ1n) is 8.49. The SMILES string of the molecule is NCC1(N2CCN(S(=O)(=O)CC3CC3)CC2)CCCCC1. The fraction of sp³-hybridized carbons (Fsp3) is 1.00. The van der Waals surface area contributed by atoms with Crippen molar-refractivity contribution >= 4 is 10.0 Å². The van der Waals surface area contributed by atoms with Crippen LogP contribution >= 0.6 is 0 Å². The average Bonchev–Trinajstić information content (AvgIpc) is 3.31. The predicted molar refractivity (Wildman–Crippen MR) is 84.5 cm³/mol. The Hall–Kier alpha value is -0.170. The average molecular weight is 315 g/mol. The van der Waals surface area contributed by atoms with Gasteiger partial charge in [-0.25, -0.2) is 8.42 Å². The van der Waals surface area contributed by atoms with Crippen LogP contribution in [0.4, 0.5) is 0 Å². The van der Waals surface area contributed by atoms with Crippen molar-refractivity contribution in [1.29, 1.82) is 0 Å². The molecule has 0 amide bonds. The van der Waals surface area contributed by atoms with Gasteiger partial charge >= 0.3 is 0 Å². The molecule has 1 saturated heterocycles. The maximum atomic E-state index is 12.4. The zero-order valence-electron chi connectivity index (χ0n) is 13.0. The van der Waals surface area contributed by atoms with E-state index in [1.807, 2.05) is 0 Å². The Bertz CT molecular complexity index is 448. The first kappa shape index (κ1) is 15.7. The van der Waals surface area contributed by atoms with Crippen LogP contribution in [-0.2, 0) is 10.0 Å². The molecule has 0 aromatic carbocycles. The first-order valence-corrected chi connectivity index (χ1v) is 10.1. The zero-order chi connectivity index (χ0) is 14.9. The van der Waals surface area contributed by atoms with Gasteiger partial charge in [0.1, 0.15) is 0 Å². The van der Waals surface area contributed by atoms with Gasteiger partial charge in [0, 0.05) is 38.3 Å². The molecule has 0 aromatic heterocycles. The van der Waals surface area contributed by atoms with Crippen molar-refractivity contribution in [3.05, 3.63) is 0 Å². The molecule has 122 valence electrons. The molecule has 0 aromatic rings. The monoisotopic (exact) mass is 315 g/mol. The Labute approximate surface area is 128 Å². The summed E-state index contributed by atoms with van der Waals surface area (Å²) in [7, 11) is -3.03. The van der Waals surface area contributed by atoms with Crippen LogP contribution < -0.4 is 5.73 Å². The maximum absolute atomic E-state index is 12.4. The fourth-order valence-electron chi connectivity index (χ4n) is 3.99. The zero-order valence-corrected chi connectivity index (χ0v) is 13.8. The van der Waals surface area contributed by atoms with Crippen molar-refractivity contribution in [2.45, 2.75) is 50.5 Å². The van der Waals surface area contributed by atoms with E-state index in [1.54, 1.807) is 4.31 Å². The second-order valence-corrected chi connectivity index (χ2v) is 9.11. The standard InChI is InChI=1S/C15H29N3O2S/c16-13-15(6-2-1-3-7-15)17-8-10-18(11-9-17)21(19,20)12-14-4-5-14/h14H,1-13,16H2. The second kappa shape index (κ2) is 6.14. The second-order valence-electron chi connectivity index (χ2n) is 7.10. The third-order valence-electron chi connectivity index (χ3n) is 5.61. The van der Waals surface area contributed by atoms with E-state index in [0.717, 1.165) is 25.9 Å². The quantitative estimate of drug-likeness (QED) is 0.822. The van der Waals surface area contributed by atoms with Crippen molar-refractivity contribution in [3.63, 3.8) is 0 Å². The normalized spacial score (nSPS) is 28.6. The van der Waals surface area contributed by atoms with E-state index in [4.69, 9.17) is 5.73 Å². The van der Waals surface area contributed by atoms with E-state index < -0.39 is 10.0 Å². The minimum Gasteiger partial charge on any atom is -0.329 e. The lowest BCUT2D eigenvalue weighted by molar-refractivity contribution is 0.0305. The Kier molecular flexibility index (Phi) is 4.60. The molecular formula is C15H29N3O2S. The number of rotatable bonds is 5. The van der Waals surface area contributed by atoms with Gasteiger partial charge in [-0.1, -0.05) is 19.3 Å². The van der Waals surface area contributed by atoms with Crippen LogP contribution in [0, 0.1) is 5.92 Å². The van der Waals surface area contributed by atoms with Crippen molar-refractivity contribution in [1.82, 2.24) is 9.21 Å². The third-order valence-corrected chi connectivity index (χ3v) is 7.65. The van der Waals surface area contributed by atoms with Crippen LogP contribution in [-0.4, -0.2) is 61.6 Å².